The van der Waals surface area contributed by atoms with E-state index in [1.807, 2.05) is 24.3 Å². The highest BCUT2D eigenvalue weighted by atomic mass is 16.5. The van der Waals surface area contributed by atoms with Crippen molar-refractivity contribution in [2.24, 2.45) is 5.41 Å². The number of amides is 2. The summed E-state index contributed by atoms with van der Waals surface area (Å²) in [5.41, 5.74) is 0.275. The number of benzene rings is 2. The molecule has 7 heteroatoms. The van der Waals surface area contributed by atoms with Crippen LogP contribution in [-0.2, 0) is 9.59 Å². The second-order valence-electron chi connectivity index (χ2n) is 6.98. The lowest BCUT2D eigenvalue weighted by atomic mass is 9.90. The van der Waals surface area contributed by atoms with Gasteiger partial charge in [0.05, 0.1) is 31.1 Å². The number of methoxy groups -OCH3 is 2. The highest BCUT2D eigenvalue weighted by Gasteiger charge is 2.37. The second kappa shape index (κ2) is 8.18. The van der Waals surface area contributed by atoms with Crippen molar-refractivity contribution in [1.82, 2.24) is 4.98 Å². The summed E-state index contributed by atoms with van der Waals surface area (Å²) in [5, 5.41) is 6.48. The van der Waals surface area contributed by atoms with Gasteiger partial charge in [0.25, 0.3) is 0 Å². The normalized spacial score (nSPS) is 11.0. The van der Waals surface area contributed by atoms with Crippen molar-refractivity contribution in [3.8, 4) is 11.5 Å². The molecule has 0 fully saturated rings. The number of fused-ring (bicyclic) bond motifs is 1. The van der Waals surface area contributed by atoms with Crippen LogP contribution in [0.1, 0.15) is 13.8 Å². The predicted octanol–water partition coefficient (Wildman–Crippen LogP) is 3.86. The molecule has 0 aliphatic heterocycles. The summed E-state index contributed by atoms with van der Waals surface area (Å²) in [4.78, 5) is 30.2. The van der Waals surface area contributed by atoms with Crippen LogP contribution in [0.25, 0.3) is 10.9 Å². The van der Waals surface area contributed by atoms with Crippen molar-refractivity contribution < 1.29 is 19.1 Å². The number of aromatic nitrogens is 1. The molecule has 0 radical (unpaired) electrons. The zero-order valence-corrected chi connectivity index (χ0v) is 16.8. The molecule has 3 rings (SSSR count). The summed E-state index contributed by atoms with van der Waals surface area (Å²) in [6.45, 7) is 3.12. The van der Waals surface area contributed by atoms with Crippen molar-refractivity contribution in [3.63, 3.8) is 0 Å². The van der Waals surface area contributed by atoms with Crippen LogP contribution in [0.4, 0.5) is 11.4 Å². The SMILES string of the molecule is COc1ccc(OC)c(NC(=O)C(C)(C)C(=O)Nc2cccc3cccnc23)c1. The lowest BCUT2D eigenvalue weighted by molar-refractivity contribution is -0.135. The Bertz CT molecular complexity index is 1060. The van der Waals surface area contributed by atoms with Crippen LogP contribution in [0.3, 0.4) is 0 Å². The minimum absolute atomic E-state index is 0.421. The first kappa shape index (κ1) is 20.1. The molecule has 0 atom stereocenters. The van der Waals surface area contributed by atoms with Gasteiger partial charge in [-0.15, -0.1) is 0 Å². The number of pyridine rings is 1. The van der Waals surface area contributed by atoms with E-state index in [1.54, 1.807) is 44.3 Å². The van der Waals surface area contributed by atoms with Crippen molar-refractivity contribution >= 4 is 34.1 Å². The average molecular weight is 393 g/mol. The molecule has 150 valence electrons. The maximum atomic E-state index is 12.9. The van der Waals surface area contributed by atoms with Gasteiger partial charge in [-0.3, -0.25) is 14.6 Å². The Kier molecular flexibility index (Phi) is 5.68. The van der Waals surface area contributed by atoms with Gasteiger partial charge in [0.2, 0.25) is 11.8 Å². The van der Waals surface area contributed by atoms with E-state index < -0.39 is 17.2 Å². The quantitative estimate of drug-likeness (QED) is 0.621. The van der Waals surface area contributed by atoms with Crippen LogP contribution in [0.5, 0.6) is 11.5 Å². The minimum Gasteiger partial charge on any atom is -0.497 e. The van der Waals surface area contributed by atoms with E-state index in [4.69, 9.17) is 9.47 Å². The number of anilines is 2. The van der Waals surface area contributed by atoms with E-state index in [0.717, 1.165) is 5.39 Å². The van der Waals surface area contributed by atoms with Crippen LogP contribution in [0, 0.1) is 5.41 Å². The first-order valence-corrected chi connectivity index (χ1v) is 9.05. The predicted molar refractivity (Wildman–Crippen MR) is 112 cm³/mol. The van der Waals surface area contributed by atoms with E-state index >= 15 is 0 Å². The van der Waals surface area contributed by atoms with Gasteiger partial charge < -0.3 is 20.1 Å². The highest BCUT2D eigenvalue weighted by molar-refractivity contribution is 6.15. The van der Waals surface area contributed by atoms with Crippen LogP contribution in [-0.4, -0.2) is 31.0 Å². The van der Waals surface area contributed by atoms with E-state index in [-0.39, 0.29) is 0 Å². The maximum Gasteiger partial charge on any atom is 0.239 e. The number of ether oxygens (including phenoxy) is 2. The third-order valence-corrected chi connectivity index (χ3v) is 4.67. The molecule has 2 aromatic carbocycles. The molecule has 0 spiro atoms. The van der Waals surface area contributed by atoms with E-state index in [0.29, 0.717) is 28.4 Å². The number of carbonyl (C=O) groups excluding carboxylic acids is 2. The molecule has 0 aliphatic rings. The minimum atomic E-state index is -1.36. The van der Waals surface area contributed by atoms with Crippen LogP contribution in [0.15, 0.2) is 54.7 Å². The molecule has 0 saturated heterocycles. The summed E-state index contributed by atoms with van der Waals surface area (Å²) in [6, 6.07) is 14.3. The molecule has 0 saturated carbocycles. The topological polar surface area (TPSA) is 89.5 Å². The van der Waals surface area contributed by atoms with Crippen LogP contribution >= 0.6 is 0 Å². The Labute approximate surface area is 169 Å². The standard InChI is InChI=1S/C22H23N3O4/c1-22(2,21(27)25-17-13-15(28-3)10-11-18(17)29-4)20(26)24-16-9-5-7-14-8-6-12-23-19(14)16/h5-13H,1-4H3,(H,24,26)(H,25,27). The molecule has 2 amide bonds. The zero-order chi connectivity index (χ0) is 21.0. The molecule has 1 heterocycles. The van der Waals surface area contributed by atoms with Gasteiger partial charge >= 0.3 is 0 Å². The molecule has 0 unspecified atom stereocenters. The maximum absolute atomic E-state index is 12.9. The van der Waals surface area contributed by atoms with Gasteiger partial charge in [-0.25, -0.2) is 0 Å². The summed E-state index contributed by atoms with van der Waals surface area (Å²) < 4.78 is 10.5. The van der Waals surface area contributed by atoms with E-state index in [2.05, 4.69) is 15.6 Å². The molecule has 2 N–H and O–H groups in total. The number of hydrogen-bond acceptors (Lipinski definition) is 5. The van der Waals surface area contributed by atoms with Gasteiger partial charge in [0, 0.05) is 17.6 Å². The molecule has 0 bridgehead atoms. The Hall–Kier alpha value is -3.61. The van der Waals surface area contributed by atoms with Gasteiger partial charge in [-0.05, 0) is 38.1 Å². The fourth-order valence-corrected chi connectivity index (χ4v) is 2.78. The van der Waals surface area contributed by atoms with Gasteiger partial charge in [0.1, 0.15) is 16.9 Å². The number of carbonyl (C=O) groups is 2. The zero-order valence-electron chi connectivity index (χ0n) is 16.8. The van der Waals surface area contributed by atoms with Crippen molar-refractivity contribution in [2.75, 3.05) is 24.9 Å². The fourth-order valence-electron chi connectivity index (χ4n) is 2.78. The summed E-state index contributed by atoms with van der Waals surface area (Å²) in [5.74, 6) is 0.101. The monoisotopic (exact) mass is 393 g/mol. The Morgan fingerprint density at radius 1 is 0.897 bits per heavy atom. The molecule has 3 aromatic rings. The molecular formula is C22H23N3O4. The first-order valence-electron chi connectivity index (χ1n) is 9.05. The second-order valence-corrected chi connectivity index (χ2v) is 6.98. The largest absolute Gasteiger partial charge is 0.497 e. The summed E-state index contributed by atoms with van der Waals surface area (Å²) in [7, 11) is 3.03. The number of rotatable bonds is 6. The molecule has 0 aliphatic carbocycles. The smallest absolute Gasteiger partial charge is 0.239 e. The first-order chi connectivity index (χ1) is 13.9. The lowest BCUT2D eigenvalue weighted by Crippen LogP contribution is -2.41. The van der Waals surface area contributed by atoms with E-state index in [9.17, 15) is 9.59 Å². The Balaban J connectivity index is 1.82. The highest BCUT2D eigenvalue weighted by Crippen LogP contribution is 2.31. The number of para-hydroxylation sites is 1. The van der Waals surface area contributed by atoms with Crippen LogP contribution < -0.4 is 20.1 Å². The van der Waals surface area contributed by atoms with Crippen molar-refractivity contribution in [3.05, 3.63) is 54.7 Å². The number of nitrogens with one attached hydrogen (secondary N) is 2. The summed E-state index contributed by atoms with van der Waals surface area (Å²) >= 11 is 0. The van der Waals surface area contributed by atoms with E-state index in [1.165, 1.54) is 14.2 Å². The molecule has 7 nitrogen and oxygen atoms in total. The average Bonchev–Trinajstić information content (AvgIpc) is 2.73. The third kappa shape index (κ3) is 4.13. The number of hydrogen-bond donors (Lipinski definition) is 2. The molecular weight excluding hydrogens is 370 g/mol. The third-order valence-electron chi connectivity index (χ3n) is 4.67. The van der Waals surface area contributed by atoms with Crippen molar-refractivity contribution in [1.29, 1.82) is 0 Å². The lowest BCUT2D eigenvalue weighted by Gasteiger charge is -2.23. The Morgan fingerprint density at radius 3 is 2.28 bits per heavy atom. The fraction of sp³-hybridized carbons (Fsp3) is 0.227. The number of nitrogens with zero attached hydrogens (tertiary/aromatic N) is 1. The van der Waals surface area contributed by atoms with Gasteiger partial charge in [0.15, 0.2) is 0 Å². The van der Waals surface area contributed by atoms with Crippen molar-refractivity contribution in [2.45, 2.75) is 13.8 Å². The van der Waals surface area contributed by atoms with Gasteiger partial charge in [-0.2, -0.15) is 0 Å². The van der Waals surface area contributed by atoms with Gasteiger partial charge in [-0.1, -0.05) is 18.2 Å². The van der Waals surface area contributed by atoms with Crippen LogP contribution in [0.2, 0.25) is 0 Å². The molecule has 29 heavy (non-hydrogen) atoms. The molecule has 1 aromatic heterocycles. The Morgan fingerprint density at radius 2 is 1.59 bits per heavy atom. The summed E-state index contributed by atoms with van der Waals surface area (Å²) in [6.07, 6.45) is 1.66.